The molecule has 0 atom stereocenters. The van der Waals surface area contributed by atoms with Crippen molar-refractivity contribution in [1.29, 1.82) is 0 Å². The Morgan fingerprint density at radius 2 is 1.64 bits per heavy atom. The molecule has 1 amide bonds. The zero-order valence-electron chi connectivity index (χ0n) is 14.9. The van der Waals surface area contributed by atoms with E-state index in [1.165, 1.54) is 0 Å². The number of rotatable bonds is 5. The predicted molar refractivity (Wildman–Crippen MR) is 109 cm³/mol. The summed E-state index contributed by atoms with van der Waals surface area (Å²) in [6, 6.07) is 21.9. The summed E-state index contributed by atoms with van der Waals surface area (Å²) in [5.74, 6) is 0.161. The van der Waals surface area contributed by atoms with Gasteiger partial charge in [0.15, 0.2) is 5.82 Å². The second-order valence-corrected chi connectivity index (χ2v) is 6.81. The van der Waals surface area contributed by atoms with Crippen molar-refractivity contribution in [1.82, 2.24) is 9.78 Å². The average Bonchev–Trinajstić information content (AvgIpc) is 3.06. The molecule has 0 saturated carbocycles. The second kappa shape index (κ2) is 7.82. The minimum Gasteiger partial charge on any atom is -0.305 e. The highest BCUT2D eigenvalue weighted by molar-refractivity contribution is 6.34. The van der Waals surface area contributed by atoms with E-state index < -0.39 is 6.67 Å². The molecule has 0 saturated heterocycles. The fourth-order valence-electron chi connectivity index (χ4n) is 3.07. The summed E-state index contributed by atoms with van der Waals surface area (Å²) in [6.45, 7) is 0.0260. The van der Waals surface area contributed by atoms with E-state index in [1.807, 2.05) is 41.1 Å². The quantitative estimate of drug-likeness (QED) is 0.489. The third-order valence-electron chi connectivity index (χ3n) is 4.52. The molecule has 0 unspecified atom stereocenters. The van der Waals surface area contributed by atoms with Crippen molar-refractivity contribution >= 4 is 34.2 Å². The monoisotopic (exact) mass is 393 g/mol. The molecule has 4 nitrogen and oxygen atoms in total. The number of nitrogens with one attached hydrogen (secondary N) is 1. The largest absolute Gasteiger partial charge is 0.305 e. The van der Waals surface area contributed by atoms with E-state index in [0.717, 1.165) is 16.5 Å². The molecular formula is C22H17ClFN3O. The molecule has 140 valence electrons. The highest BCUT2D eigenvalue weighted by atomic mass is 35.5. The van der Waals surface area contributed by atoms with Crippen LogP contribution in [0.2, 0.25) is 5.02 Å². The van der Waals surface area contributed by atoms with Crippen LogP contribution in [-0.4, -0.2) is 15.7 Å². The van der Waals surface area contributed by atoms with Gasteiger partial charge in [0, 0.05) is 5.39 Å². The van der Waals surface area contributed by atoms with Crippen LogP contribution in [0.5, 0.6) is 0 Å². The smallest absolute Gasteiger partial charge is 0.258 e. The van der Waals surface area contributed by atoms with Crippen molar-refractivity contribution in [2.45, 2.75) is 13.2 Å². The lowest BCUT2D eigenvalue weighted by atomic mass is 10.1. The number of benzene rings is 3. The second-order valence-electron chi connectivity index (χ2n) is 6.41. The molecule has 1 N–H and O–H groups in total. The van der Waals surface area contributed by atoms with Gasteiger partial charge in [0.1, 0.15) is 6.67 Å². The zero-order chi connectivity index (χ0) is 19.5. The van der Waals surface area contributed by atoms with Crippen LogP contribution in [0.1, 0.15) is 21.5 Å². The number of anilines is 1. The number of carbonyl (C=O) groups is 1. The molecule has 28 heavy (non-hydrogen) atoms. The Hall–Kier alpha value is -3.18. The maximum atomic E-state index is 12.7. The summed E-state index contributed by atoms with van der Waals surface area (Å²) < 4.78 is 14.5. The molecular weight excluding hydrogens is 377 g/mol. The Balaban J connectivity index is 1.66. The number of nitrogens with zero attached hydrogens (tertiary/aromatic N) is 2. The van der Waals surface area contributed by atoms with E-state index in [-0.39, 0.29) is 5.91 Å². The number of fused-ring (bicyclic) bond motifs is 1. The summed E-state index contributed by atoms with van der Waals surface area (Å²) in [4.78, 5) is 12.6. The topological polar surface area (TPSA) is 46.9 Å². The van der Waals surface area contributed by atoms with Crippen molar-refractivity contribution in [3.05, 3.63) is 94.5 Å². The normalized spacial score (nSPS) is 10.9. The predicted octanol–water partition coefficient (Wildman–Crippen LogP) is 5.46. The van der Waals surface area contributed by atoms with Crippen molar-refractivity contribution in [2.75, 3.05) is 5.32 Å². The number of para-hydroxylation sites is 1. The van der Waals surface area contributed by atoms with Crippen LogP contribution < -0.4 is 5.32 Å². The molecule has 1 heterocycles. The Labute approximate surface area is 166 Å². The van der Waals surface area contributed by atoms with Crippen LogP contribution in [0.25, 0.3) is 10.9 Å². The minimum atomic E-state index is -0.483. The van der Waals surface area contributed by atoms with Crippen molar-refractivity contribution in [2.24, 2.45) is 0 Å². The van der Waals surface area contributed by atoms with Crippen molar-refractivity contribution < 1.29 is 9.18 Å². The van der Waals surface area contributed by atoms with Gasteiger partial charge < -0.3 is 5.32 Å². The van der Waals surface area contributed by atoms with Crippen molar-refractivity contribution in [3.63, 3.8) is 0 Å². The molecule has 0 aliphatic carbocycles. The Morgan fingerprint density at radius 1 is 0.964 bits per heavy atom. The standard InChI is InChI=1S/C22H17ClFN3O/c23-19-7-3-1-5-17(19)22(28)25-21-18-6-2-4-8-20(18)27(26-21)14-16-11-9-15(13-24)10-12-16/h1-12H,13-14H2,(H,25,26,28). The lowest BCUT2D eigenvalue weighted by Crippen LogP contribution is -2.13. The molecule has 0 radical (unpaired) electrons. The SMILES string of the molecule is O=C(Nc1nn(Cc2ccc(CF)cc2)c2ccccc12)c1ccccc1Cl. The fourth-order valence-corrected chi connectivity index (χ4v) is 3.29. The van der Waals surface area contributed by atoms with E-state index in [0.29, 0.717) is 28.5 Å². The third kappa shape index (κ3) is 3.62. The van der Waals surface area contributed by atoms with Crippen LogP contribution in [0.3, 0.4) is 0 Å². The molecule has 0 bridgehead atoms. The van der Waals surface area contributed by atoms with E-state index >= 15 is 0 Å². The Morgan fingerprint density at radius 3 is 2.39 bits per heavy atom. The number of alkyl halides is 1. The number of amides is 1. The van der Waals surface area contributed by atoms with Gasteiger partial charge in [0.05, 0.1) is 22.6 Å². The molecule has 4 rings (SSSR count). The van der Waals surface area contributed by atoms with Gasteiger partial charge >= 0.3 is 0 Å². The minimum absolute atomic E-state index is 0.312. The fraction of sp³-hybridized carbons (Fsp3) is 0.0909. The van der Waals surface area contributed by atoms with Gasteiger partial charge in [-0.25, -0.2) is 4.39 Å². The van der Waals surface area contributed by atoms with Gasteiger partial charge in [0.2, 0.25) is 0 Å². The summed E-state index contributed by atoms with van der Waals surface area (Å²) in [6.07, 6.45) is 0. The van der Waals surface area contributed by atoms with Gasteiger partial charge in [0.25, 0.3) is 5.91 Å². The summed E-state index contributed by atoms with van der Waals surface area (Å²) in [5.41, 5.74) is 2.92. The molecule has 0 aliphatic rings. The van der Waals surface area contributed by atoms with Crippen LogP contribution in [-0.2, 0) is 13.2 Å². The first kappa shape index (κ1) is 18.2. The Kier molecular flexibility index (Phi) is 5.08. The van der Waals surface area contributed by atoms with E-state index in [1.54, 1.807) is 36.4 Å². The first-order chi connectivity index (χ1) is 13.7. The lowest BCUT2D eigenvalue weighted by molar-refractivity contribution is 0.102. The number of hydrogen-bond acceptors (Lipinski definition) is 2. The van der Waals surface area contributed by atoms with Crippen LogP contribution >= 0.6 is 11.6 Å². The number of aromatic nitrogens is 2. The van der Waals surface area contributed by atoms with Crippen molar-refractivity contribution in [3.8, 4) is 0 Å². The molecule has 0 spiro atoms. The summed E-state index contributed by atoms with van der Waals surface area (Å²) >= 11 is 6.13. The van der Waals surface area contributed by atoms with Gasteiger partial charge in [-0.15, -0.1) is 0 Å². The number of hydrogen-bond donors (Lipinski definition) is 1. The third-order valence-corrected chi connectivity index (χ3v) is 4.85. The molecule has 6 heteroatoms. The molecule has 0 aliphatic heterocycles. The first-order valence-corrected chi connectivity index (χ1v) is 9.18. The highest BCUT2D eigenvalue weighted by Gasteiger charge is 2.15. The zero-order valence-corrected chi connectivity index (χ0v) is 15.7. The van der Waals surface area contributed by atoms with Gasteiger partial charge in [-0.1, -0.05) is 60.1 Å². The molecule has 3 aromatic carbocycles. The lowest BCUT2D eigenvalue weighted by Gasteiger charge is -2.05. The summed E-state index contributed by atoms with van der Waals surface area (Å²) in [7, 11) is 0. The average molecular weight is 394 g/mol. The highest BCUT2D eigenvalue weighted by Crippen LogP contribution is 2.25. The number of carbonyl (C=O) groups excluding carboxylic acids is 1. The number of halogens is 2. The van der Waals surface area contributed by atoms with Gasteiger partial charge in [-0.05, 0) is 35.4 Å². The van der Waals surface area contributed by atoms with Crippen LogP contribution in [0, 0.1) is 0 Å². The molecule has 0 fully saturated rings. The summed E-state index contributed by atoms with van der Waals surface area (Å²) in [5, 5.41) is 8.67. The van der Waals surface area contributed by atoms with Crippen LogP contribution in [0.4, 0.5) is 10.2 Å². The van der Waals surface area contributed by atoms with Gasteiger partial charge in [-0.3, -0.25) is 9.48 Å². The maximum Gasteiger partial charge on any atom is 0.258 e. The van der Waals surface area contributed by atoms with E-state index in [4.69, 9.17) is 11.6 Å². The maximum absolute atomic E-state index is 12.7. The molecule has 1 aromatic heterocycles. The van der Waals surface area contributed by atoms with E-state index in [2.05, 4.69) is 10.4 Å². The first-order valence-electron chi connectivity index (χ1n) is 8.81. The van der Waals surface area contributed by atoms with Gasteiger partial charge in [-0.2, -0.15) is 5.10 Å². The van der Waals surface area contributed by atoms with E-state index in [9.17, 15) is 9.18 Å². The van der Waals surface area contributed by atoms with Crippen LogP contribution in [0.15, 0.2) is 72.8 Å². The Bertz CT molecular complexity index is 1140. The molecule has 4 aromatic rings.